The molecule has 1 heterocycles. The lowest BCUT2D eigenvalue weighted by Crippen LogP contribution is -2.43. The second kappa shape index (κ2) is 10.8. The van der Waals surface area contributed by atoms with Crippen LogP contribution in [0.3, 0.4) is 0 Å². The Bertz CT molecular complexity index is 1110. The van der Waals surface area contributed by atoms with Gasteiger partial charge in [0.2, 0.25) is 0 Å². The molecule has 1 amide bonds. The zero-order valence-electron chi connectivity index (χ0n) is 19.3. The molecule has 0 radical (unpaired) electrons. The minimum absolute atomic E-state index is 0.150. The van der Waals surface area contributed by atoms with Crippen molar-refractivity contribution in [2.24, 2.45) is 5.92 Å². The zero-order chi connectivity index (χ0) is 24.0. The second-order valence-corrected chi connectivity index (χ2v) is 8.50. The van der Waals surface area contributed by atoms with Gasteiger partial charge in [-0.2, -0.15) is 0 Å². The molecule has 2 N–H and O–H groups in total. The number of hydrogen-bond donors (Lipinski definition) is 2. The molecule has 33 heavy (non-hydrogen) atoms. The summed E-state index contributed by atoms with van der Waals surface area (Å²) in [5, 5.41) is 14.5. The number of nitrogens with one attached hydrogen (secondary N) is 1. The molecule has 7 heteroatoms. The lowest BCUT2D eigenvalue weighted by atomic mass is 10.0. The summed E-state index contributed by atoms with van der Waals surface area (Å²) in [4.78, 5) is 28.8. The summed E-state index contributed by atoms with van der Waals surface area (Å²) in [6, 6.07) is 15.8. The first-order chi connectivity index (χ1) is 15.7. The van der Waals surface area contributed by atoms with Crippen LogP contribution >= 0.6 is 0 Å². The smallest absolute Gasteiger partial charge is 0.328 e. The number of aromatic hydroxyl groups is 1. The average molecular weight is 451 g/mol. The van der Waals surface area contributed by atoms with E-state index in [1.54, 1.807) is 6.92 Å². The number of benzene rings is 2. The lowest BCUT2D eigenvalue weighted by molar-refractivity contribution is -0.155. The molecule has 0 aliphatic rings. The number of carbonyl (C=O) groups is 2. The van der Waals surface area contributed by atoms with E-state index in [9.17, 15) is 14.7 Å². The molecule has 174 valence electrons. The van der Waals surface area contributed by atoms with Crippen molar-refractivity contribution in [3.63, 3.8) is 0 Å². The molecule has 3 aromatic rings. The Morgan fingerprint density at radius 1 is 1.00 bits per heavy atom. The zero-order valence-corrected chi connectivity index (χ0v) is 19.3. The Labute approximate surface area is 193 Å². The van der Waals surface area contributed by atoms with Gasteiger partial charge in [0.15, 0.2) is 5.69 Å². The van der Waals surface area contributed by atoms with Crippen LogP contribution in [0.5, 0.6) is 11.5 Å². The fourth-order valence-corrected chi connectivity index (χ4v) is 3.47. The fourth-order valence-electron chi connectivity index (χ4n) is 3.47. The number of fused-ring (bicyclic) bond motifs is 1. The summed E-state index contributed by atoms with van der Waals surface area (Å²) in [5.74, 6) is -0.488. The van der Waals surface area contributed by atoms with E-state index in [1.165, 1.54) is 25.3 Å². The van der Waals surface area contributed by atoms with Gasteiger partial charge in [0.1, 0.15) is 29.7 Å². The van der Waals surface area contributed by atoms with Gasteiger partial charge in [0.25, 0.3) is 5.91 Å². The number of nitrogens with zero attached hydrogens (tertiary/aromatic N) is 1. The van der Waals surface area contributed by atoms with Crippen molar-refractivity contribution < 1.29 is 24.2 Å². The molecule has 0 spiro atoms. The minimum atomic E-state index is -0.929. The summed E-state index contributed by atoms with van der Waals surface area (Å²) >= 11 is 0. The summed E-state index contributed by atoms with van der Waals surface area (Å²) in [6.07, 6.45) is 1.16. The Morgan fingerprint density at radius 3 is 2.42 bits per heavy atom. The van der Waals surface area contributed by atoms with Crippen LogP contribution in [0.2, 0.25) is 0 Å². The van der Waals surface area contributed by atoms with Crippen molar-refractivity contribution in [3.05, 3.63) is 66.5 Å². The number of esters is 1. The predicted octanol–water partition coefficient (Wildman–Crippen LogP) is 4.48. The third kappa shape index (κ3) is 6.44. The number of aromatic nitrogens is 1. The first kappa shape index (κ1) is 24.0. The second-order valence-electron chi connectivity index (χ2n) is 8.50. The van der Waals surface area contributed by atoms with Gasteiger partial charge < -0.3 is 19.9 Å². The molecule has 0 bridgehead atoms. The molecule has 0 unspecified atom stereocenters. The van der Waals surface area contributed by atoms with Crippen LogP contribution in [0.4, 0.5) is 0 Å². The van der Waals surface area contributed by atoms with Crippen molar-refractivity contribution >= 4 is 22.6 Å². The van der Waals surface area contributed by atoms with E-state index in [1.807, 2.05) is 42.5 Å². The molecule has 0 aliphatic heterocycles. The monoisotopic (exact) mass is 450 g/mol. The quantitative estimate of drug-likeness (QED) is 0.467. The summed E-state index contributed by atoms with van der Waals surface area (Å²) < 4.78 is 11.9. The molecular formula is C26H30N2O5. The number of pyridine rings is 1. The maximum Gasteiger partial charge on any atom is 0.328 e. The van der Waals surface area contributed by atoms with Crippen LogP contribution in [0.1, 0.15) is 44.6 Å². The van der Waals surface area contributed by atoms with Crippen molar-refractivity contribution in [1.82, 2.24) is 10.3 Å². The first-order valence-electron chi connectivity index (χ1n) is 11.1. The highest BCUT2D eigenvalue weighted by molar-refractivity contribution is 5.97. The van der Waals surface area contributed by atoms with Gasteiger partial charge in [-0.15, -0.1) is 0 Å². The Kier molecular flexibility index (Phi) is 7.87. The topological polar surface area (TPSA) is 97.8 Å². The van der Waals surface area contributed by atoms with Crippen LogP contribution in [-0.2, 0) is 9.53 Å². The Balaban J connectivity index is 1.65. The van der Waals surface area contributed by atoms with Crippen LogP contribution < -0.4 is 10.1 Å². The molecule has 0 saturated carbocycles. The maximum atomic E-state index is 12.6. The van der Waals surface area contributed by atoms with E-state index in [4.69, 9.17) is 9.47 Å². The Hall–Kier alpha value is -3.61. The van der Waals surface area contributed by atoms with Gasteiger partial charge >= 0.3 is 5.97 Å². The van der Waals surface area contributed by atoms with Gasteiger partial charge in [0.05, 0.1) is 0 Å². The van der Waals surface area contributed by atoms with Gasteiger partial charge in [-0.1, -0.05) is 44.2 Å². The SMILES string of the molecule is CC(C)C[C@@H](Oc1ccc2ccccc2c1)[C@H](C)OC(=O)[C@H](C)NC(=O)c1ncccc1O. The van der Waals surface area contributed by atoms with Crippen molar-refractivity contribution in [2.45, 2.75) is 52.4 Å². The van der Waals surface area contributed by atoms with Gasteiger partial charge in [0, 0.05) is 6.20 Å². The molecular weight excluding hydrogens is 420 g/mol. The number of ether oxygens (including phenoxy) is 2. The van der Waals surface area contributed by atoms with E-state index in [0.29, 0.717) is 18.1 Å². The van der Waals surface area contributed by atoms with E-state index in [-0.39, 0.29) is 17.5 Å². The average Bonchev–Trinajstić information content (AvgIpc) is 2.78. The highest BCUT2D eigenvalue weighted by atomic mass is 16.6. The van der Waals surface area contributed by atoms with Crippen molar-refractivity contribution in [2.75, 3.05) is 0 Å². The van der Waals surface area contributed by atoms with E-state index in [2.05, 4.69) is 24.1 Å². The van der Waals surface area contributed by atoms with Crippen LogP contribution in [0.15, 0.2) is 60.8 Å². The normalized spacial score (nSPS) is 13.8. The highest BCUT2D eigenvalue weighted by Gasteiger charge is 2.27. The van der Waals surface area contributed by atoms with Gasteiger partial charge in [-0.3, -0.25) is 4.79 Å². The van der Waals surface area contributed by atoms with Crippen molar-refractivity contribution in [3.8, 4) is 11.5 Å². The summed E-state index contributed by atoms with van der Waals surface area (Å²) in [6.45, 7) is 7.46. The highest BCUT2D eigenvalue weighted by Crippen LogP contribution is 2.24. The maximum absolute atomic E-state index is 12.6. The number of carbonyl (C=O) groups excluding carboxylic acids is 2. The molecule has 0 saturated heterocycles. The Morgan fingerprint density at radius 2 is 1.73 bits per heavy atom. The van der Waals surface area contributed by atoms with E-state index >= 15 is 0 Å². The molecule has 0 aliphatic carbocycles. The number of rotatable bonds is 9. The van der Waals surface area contributed by atoms with Gasteiger partial charge in [-0.25, -0.2) is 9.78 Å². The van der Waals surface area contributed by atoms with Crippen LogP contribution in [0.25, 0.3) is 10.8 Å². The fraction of sp³-hybridized carbons (Fsp3) is 0.346. The third-order valence-electron chi connectivity index (χ3n) is 5.24. The summed E-state index contributed by atoms with van der Waals surface area (Å²) in [7, 11) is 0. The predicted molar refractivity (Wildman–Crippen MR) is 126 cm³/mol. The standard InChI is InChI=1S/C26H30N2O5/c1-16(2)14-23(33-21-12-11-19-8-5-6-9-20(19)15-21)18(4)32-26(31)17(3)28-25(30)24-22(29)10-7-13-27-24/h5-13,15-18,23,29H,14H2,1-4H3,(H,28,30)/t17-,18-,23+/m0/s1. The van der Waals surface area contributed by atoms with Crippen molar-refractivity contribution in [1.29, 1.82) is 0 Å². The molecule has 7 nitrogen and oxygen atoms in total. The van der Waals surface area contributed by atoms with Crippen LogP contribution in [-0.4, -0.2) is 40.2 Å². The molecule has 2 aromatic carbocycles. The van der Waals surface area contributed by atoms with Crippen LogP contribution in [0, 0.1) is 5.92 Å². The number of amides is 1. The van der Waals surface area contributed by atoms with E-state index < -0.39 is 24.0 Å². The summed E-state index contributed by atoms with van der Waals surface area (Å²) in [5.41, 5.74) is -0.150. The largest absolute Gasteiger partial charge is 0.505 e. The number of hydrogen-bond acceptors (Lipinski definition) is 6. The van der Waals surface area contributed by atoms with E-state index in [0.717, 1.165) is 10.8 Å². The minimum Gasteiger partial charge on any atom is -0.505 e. The molecule has 3 rings (SSSR count). The molecule has 0 fully saturated rings. The van der Waals surface area contributed by atoms with Gasteiger partial charge in [-0.05, 0) is 61.2 Å². The first-order valence-corrected chi connectivity index (χ1v) is 11.1. The lowest BCUT2D eigenvalue weighted by Gasteiger charge is -2.27. The molecule has 1 aromatic heterocycles. The third-order valence-corrected chi connectivity index (χ3v) is 5.24. The molecule has 3 atom stereocenters.